The zero-order valence-corrected chi connectivity index (χ0v) is 14.3. The highest BCUT2D eigenvalue weighted by atomic mass is 79.9. The first-order valence-electron chi connectivity index (χ1n) is 6.92. The lowest BCUT2D eigenvalue weighted by Gasteiger charge is -2.32. The van der Waals surface area contributed by atoms with E-state index < -0.39 is 15.6 Å². The molecule has 21 heavy (non-hydrogen) atoms. The zero-order valence-electron chi connectivity index (χ0n) is 11.9. The van der Waals surface area contributed by atoms with Crippen LogP contribution in [0.3, 0.4) is 0 Å². The summed E-state index contributed by atoms with van der Waals surface area (Å²) >= 11 is 3.26. The molecule has 0 atom stereocenters. The van der Waals surface area contributed by atoms with Crippen LogP contribution in [0.1, 0.15) is 32.1 Å². The van der Waals surface area contributed by atoms with Crippen LogP contribution in [0.4, 0.5) is 0 Å². The van der Waals surface area contributed by atoms with Crippen molar-refractivity contribution in [2.45, 2.75) is 42.6 Å². The number of halogens is 1. The third-order valence-corrected chi connectivity index (χ3v) is 5.71. The highest BCUT2D eigenvalue weighted by molar-refractivity contribution is 9.10. The molecular weight excluding hydrogens is 358 g/mol. The number of methoxy groups -OCH3 is 1. The van der Waals surface area contributed by atoms with E-state index in [0.29, 0.717) is 17.3 Å². The Hall–Kier alpha value is -0.630. The van der Waals surface area contributed by atoms with Crippen molar-refractivity contribution in [3.05, 3.63) is 22.7 Å². The van der Waals surface area contributed by atoms with Crippen molar-refractivity contribution >= 4 is 26.0 Å². The molecule has 0 radical (unpaired) electrons. The molecule has 0 aromatic heterocycles. The Morgan fingerprint density at radius 1 is 1.33 bits per heavy atom. The van der Waals surface area contributed by atoms with Crippen LogP contribution in [0.15, 0.2) is 27.6 Å². The molecule has 118 valence electrons. The van der Waals surface area contributed by atoms with E-state index in [9.17, 15) is 13.5 Å². The van der Waals surface area contributed by atoms with Gasteiger partial charge >= 0.3 is 0 Å². The van der Waals surface area contributed by atoms with E-state index in [0.717, 1.165) is 19.3 Å². The molecule has 1 saturated carbocycles. The Balaban J connectivity index is 2.17. The Labute approximate surface area is 133 Å². The summed E-state index contributed by atoms with van der Waals surface area (Å²) in [5.74, 6) is 0.279. The molecule has 0 saturated heterocycles. The number of benzene rings is 1. The summed E-state index contributed by atoms with van der Waals surface area (Å²) in [5, 5.41) is 10.4. The molecule has 1 aliphatic carbocycles. The van der Waals surface area contributed by atoms with Gasteiger partial charge in [-0.1, -0.05) is 35.2 Å². The van der Waals surface area contributed by atoms with E-state index in [2.05, 4.69) is 20.7 Å². The molecule has 2 N–H and O–H groups in total. The SMILES string of the molecule is COc1ccc(Br)cc1S(=O)(=O)NCC1(O)CCCCC1. The van der Waals surface area contributed by atoms with Gasteiger partial charge in [0.25, 0.3) is 0 Å². The molecule has 1 fully saturated rings. The van der Waals surface area contributed by atoms with Crippen molar-refractivity contribution in [2.75, 3.05) is 13.7 Å². The standard InChI is InChI=1S/C14H20BrNO4S/c1-20-12-6-5-11(15)9-13(12)21(18,19)16-10-14(17)7-3-2-4-8-14/h5-6,9,16-17H,2-4,7-8,10H2,1H3. The quantitative estimate of drug-likeness (QED) is 0.825. The molecule has 1 aromatic carbocycles. The normalized spacial score (nSPS) is 18.4. The first-order valence-corrected chi connectivity index (χ1v) is 9.19. The van der Waals surface area contributed by atoms with Crippen molar-refractivity contribution < 1.29 is 18.3 Å². The van der Waals surface area contributed by atoms with Crippen molar-refractivity contribution in [2.24, 2.45) is 0 Å². The van der Waals surface area contributed by atoms with Crippen LogP contribution in [0, 0.1) is 0 Å². The molecule has 0 heterocycles. The lowest BCUT2D eigenvalue weighted by atomic mass is 9.85. The minimum absolute atomic E-state index is 0.0327. The van der Waals surface area contributed by atoms with Gasteiger partial charge in [0.05, 0.1) is 12.7 Å². The molecule has 0 unspecified atom stereocenters. The summed E-state index contributed by atoms with van der Waals surface area (Å²) in [4.78, 5) is 0.0683. The molecular formula is C14H20BrNO4S. The van der Waals surface area contributed by atoms with Gasteiger partial charge in [-0.3, -0.25) is 0 Å². The number of hydrogen-bond acceptors (Lipinski definition) is 4. The van der Waals surface area contributed by atoms with Gasteiger partial charge in [0.15, 0.2) is 0 Å². The van der Waals surface area contributed by atoms with Crippen molar-refractivity contribution in [3.8, 4) is 5.75 Å². The number of nitrogens with one attached hydrogen (secondary N) is 1. The smallest absolute Gasteiger partial charge is 0.244 e. The van der Waals surface area contributed by atoms with E-state index in [1.165, 1.54) is 13.2 Å². The van der Waals surface area contributed by atoms with Gasteiger partial charge in [-0.2, -0.15) is 0 Å². The third-order valence-electron chi connectivity index (χ3n) is 3.79. The zero-order chi connectivity index (χ0) is 15.5. The van der Waals surface area contributed by atoms with Gasteiger partial charge in [0.2, 0.25) is 10.0 Å². The molecule has 2 rings (SSSR count). The lowest BCUT2D eigenvalue weighted by Crippen LogP contribution is -2.44. The Bertz CT molecular complexity index is 597. The summed E-state index contributed by atoms with van der Waals surface area (Å²) in [6, 6.07) is 4.80. The van der Waals surface area contributed by atoms with Crippen molar-refractivity contribution in [1.29, 1.82) is 0 Å². The summed E-state index contributed by atoms with van der Waals surface area (Å²) < 4.78 is 33.1. The van der Waals surface area contributed by atoms with Crippen LogP contribution < -0.4 is 9.46 Å². The number of rotatable bonds is 5. The topological polar surface area (TPSA) is 75.6 Å². The van der Waals surface area contributed by atoms with Gasteiger partial charge in [-0.25, -0.2) is 13.1 Å². The Morgan fingerprint density at radius 2 is 2.00 bits per heavy atom. The minimum atomic E-state index is -3.73. The maximum Gasteiger partial charge on any atom is 0.244 e. The number of hydrogen-bond donors (Lipinski definition) is 2. The van der Waals surface area contributed by atoms with E-state index in [4.69, 9.17) is 4.74 Å². The maximum absolute atomic E-state index is 12.4. The molecule has 0 spiro atoms. The van der Waals surface area contributed by atoms with E-state index in [1.807, 2.05) is 0 Å². The summed E-state index contributed by atoms with van der Waals surface area (Å²) in [6.45, 7) is 0.0327. The largest absolute Gasteiger partial charge is 0.495 e. The first kappa shape index (κ1) is 16.7. The number of ether oxygens (including phenoxy) is 1. The molecule has 0 bridgehead atoms. The second kappa shape index (κ2) is 6.64. The van der Waals surface area contributed by atoms with Crippen LogP contribution in [-0.2, 0) is 10.0 Å². The molecule has 0 aliphatic heterocycles. The van der Waals surface area contributed by atoms with Gasteiger partial charge in [0, 0.05) is 11.0 Å². The second-order valence-electron chi connectivity index (χ2n) is 5.40. The van der Waals surface area contributed by atoms with Gasteiger partial charge in [-0.05, 0) is 31.0 Å². The van der Waals surface area contributed by atoms with Crippen LogP contribution in [-0.4, -0.2) is 32.8 Å². The Kier molecular flexibility index (Phi) is 5.29. The maximum atomic E-state index is 12.4. The molecule has 1 aliphatic rings. The fraction of sp³-hybridized carbons (Fsp3) is 0.571. The summed E-state index contributed by atoms with van der Waals surface area (Å²) in [6.07, 6.45) is 4.21. The van der Waals surface area contributed by atoms with E-state index in [-0.39, 0.29) is 17.2 Å². The fourth-order valence-corrected chi connectivity index (χ4v) is 4.38. The predicted molar refractivity (Wildman–Crippen MR) is 83.9 cm³/mol. The highest BCUT2D eigenvalue weighted by Gasteiger charge is 2.31. The Morgan fingerprint density at radius 3 is 2.62 bits per heavy atom. The first-order chi connectivity index (χ1) is 9.86. The molecule has 0 amide bonds. The average Bonchev–Trinajstić information content (AvgIpc) is 2.46. The lowest BCUT2D eigenvalue weighted by molar-refractivity contribution is 0.00945. The van der Waals surface area contributed by atoms with Crippen LogP contribution in [0.5, 0.6) is 5.75 Å². The molecule has 5 nitrogen and oxygen atoms in total. The minimum Gasteiger partial charge on any atom is -0.495 e. The van der Waals surface area contributed by atoms with Gasteiger partial charge in [0.1, 0.15) is 10.6 Å². The van der Waals surface area contributed by atoms with E-state index >= 15 is 0 Å². The number of aliphatic hydroxyl groups is 1. The highest BCUT2D eigenvalue weighted by Crippen LogP contribution is 2.30. The predicted octanol–water partition coefficient (Wildman–Crippen LogP) is 2.43. The third kappa shape index (κ3) is 4.18. The average molecular weight is 378 g/mol. The van der Waals surface area contributed by atoms with E-state index in [1.54, 1.807) is 12.1 Å². The fourth-order valence-electron chi connectivity index (χ4n) is 2.55. The van der Waals surface area contributed by atoms with Crippen LogP contribution >= 0.6 is 15.9 Å². The van der Waals surface area contributed by atoms with Crippen molar-refractivity contribution in [1.82, 2.24) is 4.72 Å². The van der Waals surface area contributed by atoms with Gasteiger partial charge in [-0.15, -0.1) is 0 Å². The molecule has 1 aromatic rings. The summed E-state index contributed by atoms with van der Waals surface area (Å²) in [5.41, 5.74) is -0.940. The monoisotopic (exact) mass is 377 g/mol. The van der Waals surface area contributed by atoms with Crippen LogP contribution in [0.2, 0.25) is 0 Å². The molecule has 7 heteroatoms. The van der Waals surface area contributed by atoms with Crippen molar-refractivity contribution in [3.63, 3.8) is 0 Å². The van der Waals surface area contributed by atoms with Gasteiger partial charge < -0.3 is 9.84 Å². The summed E-state index contributed by atoms with van der Waals surface area (Å²) in [7, 11) is -2.30. The number of sulfonamides is 1. The van der Waals surface area contributed by atoms with Crippen LogP contribution in [0.25, 0.3) is 0 Å². The second-order valence-corrected chi connectivity index (χ2v) is 8.06.